The minimum atomic E-state index is 0.157. The van der Waals surface area contributed by atoms with Gasteiger partial charge in [-0.3, -0.25) is 0 Å². The summed E-state index contributed by atoms with van der Waals surface area (Å²) in [6, 6.07) is 0.248. The van der Waals surface area contributed by atoms with Crippen LogP contribution in [0.4, 0.5) is 0 Å². The molecule has 0 aliphatic rings. The normalized spacial score (nSPS) is 9.50. The van der Waals surface area contributed by atoms with Crippen LogP contribution >= 0.6 is 11.6 Å². The molecule has 0 atom stereocenters. The highest BCUT2D eigenvalue weighted by atomic mass is 35.5. The van der Waals surface area contributed by atoms with E-state index in [4.69, 9.17) is 16.3 Å². The number of halogens is 1. The summed E-state index contributed by atoms with van der Waals surface area (Å²) < 4.78 is 4.73. The van der Waals surface area contributed by atoms with Gasteiger partial charge in [0.15, 0.2) is 0 Å². The van der Waals surface area contributed by atoms with Gasteiger partial charge in [-0.2, -0.15) is 9.97 Å². The third-order valence-electron chi connectivity index (χ3n) is 0.882. The smallest absolute Gasteiger partial charge is 0.320 e. The van der Waals surface area contributed by atoms with Crippen LogP contribution in [0.3, 0.4) is 0 Å². The van der Waals surface area contributed by atoms with E-state index in [1.165, 1.54) is 7.11 Å². The number of nitrogens with zero attached hydrogens (tertiary/aromatic N) is 3. The number of rotatable bonds is 1. The third-order valence-corrected chi connectivity index (χ3v) is 1.05. The van der Waals surface area contributed by atoms with Crippen LogP contribution in [0.1, 0.15) is 5.82 Å². The first-order chi connectivity index (χ1) is 4.72. The molecule has 10 heavy (non-hydrogen) atoms. The van der Waals surface area contributed by atoms with Crippen molar-refractivity contribution in [2.75, 3.05) is 7.11 Å². The van der Waals surface area contributed by atoms with Crippen molar-refractivity contribution in [2.45, 2.75) is 6.92 Å². The van der Waals surface area contributed by atoms with Gasteiger partial charge >= 0.3 is 6.01 Å². The predicted octanol–water partition coefficient (Wildman–Crippen LogP) is 0.842. The van der Waals surface area contributed by atoms with Gasteiger partial charge in [0.25, 0.3) is 0 Å². The van der Waals surface area contributed by atoms with Crippen LogP contribution in [-0.2, 0) is 0 Å². The van der Waals surface area contributed by atoms with Gasteiger partial charge < -0.3 is 4.74 Å². The molecule has 0 aliphatic heterocycles. The highest BCUT2D eigenvalue weighted by molar-refractivity contribution is 6.28. The van der Waals surface area contributed by atoms with Gasteiger partial charge in [-0.15, -0.1) is 0 Å². The van der Waals surface area contributed by atoms with Gasteiger partial charge in [-0.05, 0) is 18.5 Å². The van der Waals surface area contributed by atoms with Gasteiger partial charge in [0.2, 0.25) is 5.28 Å². The molecule has 4 nitrogen and oxygen atoms in total. The average molecular weight is 160 g/mol. The molecule has 0 fully saturated rings. The maximum Gasteiger partial charge on any atom is 0.320 e. The van der Waals surface area contributed by atoms with Crippen molar-refractivity contribution < 1.29 is 4.74 Å². The zero-order valence-corrected chi connectivity index (χ0v) is 6.38. The number of hydrogen-bond donors (Lipinski definition) is 0. The van der Waals surface area contributed by atoms with Crippen LogP contribution in [0.2, 0.25) is 5.28 Å². The van der Waals surface area contributed by atoms with Crippen LogP contribution < -0.4 is 4.74 Å². The fourth-order valence-corrected chi connectivity index (χ4v) is 0.712. The summed E-state index contributed by atoms with van der Waals surface area (Å²) in [6.07, 6.45) is 0. The Morgan fingerprint density at radius 2 is 2.00 bits per heavy atom. The number of methoxy groups -OCH3 is 1. The fraction of sp³-hybridized carbons (Fsp3) is 0.400. The molecule has 0 saturated carbocycles. The second-order valence-electron chi connectivity index (χ2n) is 1.64. The van der Waals surface area contributed by atoms with E-state index in [-0.39, 0.29) is 11.3 Å². The molecule has 1 heterocycles. The van der Waals surface area contributed by atoms with Crippen molar-refractivity contribution in [2.24, 2.45) is 0 Å². The Bertz CT molecular complexity index is 220. The Labute approximate surface area is 63.2 Å². The van der Waals surface area contributed by atoms with Gasteiger partial charge in [0, 0.05) is 0 Å². The van der Waals surface area contributed by atoms with Gasteiger partial charge in [-0.1, -0.05) is 0 Å². The van der Waals surface area contributed by atoms with Crippen LogP contribution in [0.5, 0.6) is 6.01 Å². The lowest BCUT2D eigenvalue weighted by Crippen LogP contribution is -1.96. The Balaban J connectivity index is 3.06. The molecule has 0 amide bonds. The Kier molecular flexibility index (Phi) is 2.01. The van der Waals surface area contributed by atoms with Crippen LogP contribution in [0.15, 0.2) is 0 Å². The summed E-state index contributed by atoms with van der Waals surface area (Å²) in [6.45, 7) is 1.72. The van der Waals surface area contributed by atoms with E-state index in [1.807, 2.05) is 0 Å². The maximum absolute atomic E-state index is 5.49. The molecule has 1 aromatic rings. The molecule has 1 rings (SSSR count). The number of hydrogen-bond acceptors (Lipinski definition) is 4. The molecule has 0 bridgehead atoms. The van der Waals surface area contributed by atoms with E-state index in [1.54, 1.807) is 6.92 Å². The third kappa shape index (κ3) is 1.54. The summed E-state index contributed by atoms with van der Waals surface area (Å²) in [4.78, 5) is 11.2. The molecule has 0 N–H and O–H groups in total. The lowest BCUT2D eigenvalue weighted by molar-refractivity contribution is 0.376. The molecule has 0 unspecified atom stereocenters. The van der Waals surface area contributed by atoms with E-state index in [2.05, 4.69) is 15.0 Å². The van der Waals surface area contributed by atoms with Crippen molar-refractivity contribution in [3.63, 3.8) is 0 Å². The average Bonchev–Trinajstić information content (AvgIpc) is 1.85. The predicted molar refractivity (Wildman–Crippen MR) is 36.1 cm³/mol. The lowest BCUT2D eigenvalue weighted by Gasteiger charge is -1.96. The summed E-state index contributed by atoms with van der Waals surface area (Å²) in [5.41, 5.74) is 0. The lowest BCUT2D eigenvalue weighted by atomic mass is 10.7. The van der Waals surface area contributed by atoms with E-state index >= 15 is 0 Å². The Hall–Kier alpha value is -0.900. The monoisotopic (exact) mass is 159 g/mol. The molecule has 0 saturated heterocycles. The molecular weight excluding hydrogens is 154 g/mol. The molecule has 54 valence electrons. The topological polar surface area (TPSA) is 47.9 Å². The van der Waals surface area contributed by atoms with Crippen molar-refractivity contribution >= 4 is 11.6 Å². The Morgan fingerprint density at radius 3 is 2.50 bits per heavy atom. The second-order valence-corrected chi connectivity index (χ2v) is 1.98. The van der Waals surface area contributed by atoms with Gasteiger partial charge in [0.1, 0.15) is 5.82 Å². The van der Waals surface area contributed by atoms with Crippen LogP contribution in [-0.4, -0.2) is 22.1 Å². The number of aromatic nitrogens is 3. The molecular formula is C5H6ClN3O. The molecule has 5 heteroatoms. The zero-order valence-electron chi connectivity index (χ0n) is 5.63. The quantitative estimate of drug-likeness (QED) is 0.610. The fourth-order valence-electron chi connectivity index (χ4n) is 0.517. The van der Waals surface area contributed by atoms with E-state index in [0.717, 1.165) is 0 Å². The molecule has 0 aromatic carbocycles. The van der Waals surface area contributed by atoms with Crippen molar-refractivity contribution in [3.05, 3.63) is 11.1 Å². The van der Waals surface area contributed by atoms with Crippen molar-refractivity contribution in [3.8, 4) is 6.01 Å². The van der Waals surface area contributed by atoms with Crippen molar-refractivity contribution in [1.29, 1.82) is 0 Å². The molecule has 0 spiro atoms. The first kappa shape index (κ1) is 7.21. The first-order valence-electron chi connectivity index (χ1n) is 2.64. The standard InChI is InChI=1S/C5H6ClN3O/c1-3-7-4(6)9-5(8-3)10-2/h1-2H3. The van der Waals surface area contributed by atoms with Gasteiger partial charge in [-0.25, -0.2) is 4.98 Å². The molecule has 0 radical (unpaired) electrons. The van der Waals surface area contributed by atoms with E-state index in [0.29, 0.717) is 5.82 Å². The van der Waals surface area contributed by atoms with E-state index < -0.39 is 0 Å². The van der Waals surface area contributed by atoms with Crippen LogP contribution in [0, 0.1) is 6.92 Å². The molecule has 0 aliphatic carbocycles. The maximum atomic E-state index is 5.49. The van der Waals surface area contributed by atoms with Gasteiger partial charge in [0.05, 0.1) is 7.11 Å². The summed E-state index contributed by atoms with van der Waals surface area (Å²) in [5.74, 6) is 0.553. The zero-order chi connectivity index (χ0) is 7.56. The van der Waals surface area contributed by atoms with Crippen molar-refractivity contribution in [1.82, 2.24) is 15.0 Å². The largest absolute Gasteiger partial charge is 0.467 e. The van der Waals surface area contributed by atoms with E-state index in [9.17, 15) is 0 Å². The first-order valence-corrected chi connectivity index (χ1v) is 3.02. The number of aryl methyl sites for hydroxylation is 1. The SMILES string of the molecule is COc1nc(C)nc(Cl)n1. The second kappa shape index (κ2) is 2.79. The summed E-state index contributed by atoms with van der Waals surface area (Å²) in [5, 5.41) is 0.157. The minimum Gasteiger partial charge on any atom is -0.467 e. The Morgan fingerprint density at radius 1 is 1.30 bits per heavy atom. The number of ether oxygens (including phenoxy) is 1. The molecule has 1 aromatic heterocycles. The summed E-state index contributed by atoms with van der Waals surface area (Å²) >= 11 is 5.49. The van der Waals surface area contributed by atoms with Crippen LogP contribution in [0.25, 0.3) is 0 Å². The minimum absolute atomic E-state index is 0.157. The summed E-state index contributed by atoms with van der Waals surface area (Å²) in [7, 11) is 1.48. The highest BCUT2D eigenvalue weighted by Crippen LogP contribution is 2.05. The highest BCUT2D eigenvalue weighted by Gasteiger charge is 1.98.